The van der Waals surface area contributed by atoms with Gasteiger partial charge in [-0.1, -0.05) is 121 Å². The number of ether oxygens (including phenoxy) is 1. The van der Waals surface area contributed by atoms with Gasteiger partial charge in [0.1, 0.15) is 11.5 Å². The summed E-state index contributed by atoms with van der Waals surface area (Å²) in [6, 6.07) is 54.4. The van der Waals surface area contributed by atoms with Crippen LogP contribution in [0.4, 0.5) is 0 Å². The van der Waals surface area contributed by atoms with E-state index in [9.17, 15) is 0 Å². The molecule has 0 bridgehead atoms. The zero-order valence-electron chi connectivity index (χ0n) is 25.7. The summed E-state index contributed by atoms with van der Waals surface area (Å²) in [5, 5.41) is 4.62. The molecule has 2 aromatic heterocycles. The van der Waals surface area contributed by atoms with Gasteiger partial charge in [0.05, 0.1) is 11.0 Å². The zero-order chi connectivity index (χ0) is 31.6. The van der Waals surface area contributed by atoms with E-state index in [0.717, 1.165) is 61.2 Å². The first-order chi connectivity index (χ1) is 23.8. The van der Waals surface area contributed by atoms with Gasteiger partial charge < -0.3 is 9.30 Å². The van der Waals surface area contributed by atoms with E-state index in [4.69, 9.17) is 19.7 Å². The summed E-state index contributed by atoms with van der Waals surface area (Å²) in [5.74, 6) is 3.68. The van der Waals surface area contributed by atoms with E-state index in [2.05, 4.69) is 102 Å². The van der Waals surface area contributed by atoms with E-state index in [1.54, 1.807) is 0 Å². The molecule has 0 spiro atoms. The van der Waals surface area contributed by atoms with E-state index in [1.165, 1.54) is 16.3 Å². The molecule has 7 aromatic carbocycles. The van der Waals surface area contributed by atoms with Crippen molar-refractivity contribution in [3.8, 4) is 62.5 Å². The Morgan fingerprint density at radius 2 is 1.04 bits per heavy atom. The molecule has 0 radical (unpaired) electrons. The van der Waals surface area contributed by atoms with Gasteiger partial charge in [-0.05, 0) is 47.3 Å². The van der Waals surface area contributed by atoms with Crippen LogP contribution in [0.25, 0.3) is 83.6 Å². The molecule has 1 aliphatic heterocycles. The Morgan fingerprint density at radius 1 is 0.417 bits per heavy atom. The molecule has 1 aliphatic rings. The van der Waals surface area contributed by atoms with Crippen molar-refractivity contribution in [2.45, 2.75) is 0 Å². The van der Waals surface area contributed by atoms with Crippen molar-refractivity contribution < 1.29 is 4.74 Å². The Bertz CT molecular complexity index is 2630. The monoisotopic (exact) mass is 614 g/mol. The van der Waals surface area contributed by atoms with E-state index < -0.39 is 0 Å². The fraction of sp³-hybridized carbons (Fsp3) is 0. The van der Waals surface area contributed by atoms with Crippen LogP contribution in [0.1, 0.15) is 0 Å². The van der Waals surface area contributed by atoms with E-state index in [0.29, 0.717) is 17.5 Å². The molecule has 0 N–H and O–H groups in total. The van der Waals surface area contributed by atoms with Gasteiger partial charge in [0.15, 0.2) is 17.5 Å². The van der Waals surface area contributed by atoms with E-state index >= 15 is 0 Å². The van der Waals surface area contributed by atoms with E-state index in [-0.39, 0.29) is 0 Å². The molecule has 0 saturated carbocycles. The molecule has 0 saturated heterocycles. The van der Waals surface area contributed by atoms with Gasteiger partial charge in [-0.2, -0.15) is 0 Å². The third kappa shape index (κ3) is 4.15. The molecule has 0 aliphatic carbocycles. The van der Waals surface area contributed by atoms with Gasteiger partial charge in [0.25, 0.3) is 0 Å². The minimum Gasteiger partial charge on any atom is -0.456 e. The van der Waals surface area contributed by atoms with Crippen LogP contribution in [0.15, 0.2) is 158 Å². The van der Waals surface area contributed by atoms with Crippen molar-refractivity contribution in [2.24, 2.45) is 0 Å². The van der Waals surface area contributed by atoms with Crippen LogP contribution in [0.5, 0.6) is 11.5 Å². The first kappa shape index (κ1) is 26.6. The largest absolute Gasteiger partial charge is 0.456 e. The average molecular weight is 615 g/mol. The molecule has 224 valence electrons. The molecule has 10 rings (SSSR count). The summed E-state index contributed by atoms with van der Waals surface area (Å²) < 4.78 is 8.90. The lowest BCUT2D eigenvalue weighted by Gasteiger charge is -2.21. The highest BCUT2D eigenvalue weighted by atomic mass is 16.5. The zero-order valence-corrected chi connectivity index (χ0v) is 25.7. The van der Waals surface area contributed by atoms with Crippen LogP contribution >= 0.6 is 0 Å². The third-order valence-corrected chi connectivity index (χ3v) is 9.21. The summed E-state index contributed by atoms with van der Waals surface area (Å²) in [6.07, 6.45) is 0. The second-order valence-electron chi connectivity index (χ2n) is 12.1. The van der Waals surface area contributed by atoms with Crippen molar-refractivity contribution in [1.82, 2.24) is 19.5 Å². The molecular weight excluding hydrogens is 589 g/mol. The predicted octanol–water partition coefficient (Wildman–Crippen LogP) is 10.9. The maximum Gasteiger partial charge on any atom is 0.164 e. The van der Waals surface area contributed by atoms with Gasteiger partial charge in [-0.25, -0.2) is 15.0 Å². The Labute approximate surface area is 276 Å². The van der Waals surface area contributed by atoms with Crippen molar-refractivity contribution in [3.05, 3.63) is 158 Å². The summed E-state index contributed by atoms with van der Waals surface area (Å²) in [6.45, 7) is 0. The molecule has 0 atom stereocenters. The van der Waals surface area contributed by atoms with Crippen molar-refractivity contribution in [3.63, 3.8) is 0 Å². The summed E-state index contributed by atoms with van der Waals surface area (Å²) >= 11 is 0. The number of hydrogen-bond donors (Lipinski definition) is 0. The highest BCUT2D eigenvalue weighted by Crippen LogP contribution is 2.49. The van der Waals surface area contributed by atoms with Gasteiger partial charge in [0.2, 0.25) is 0 Å². The van der Waals surface area contributed by atoms with Crippen molar-refractivity contribution >= 4 is 32.6 Å². The molecule has 5 nitrogen and oxygen atoms in total. The number of fused-ring (bicyclic) bond motifs is 5. The molecule has 0 amide bonds. The average Bonchev–Trinajstić information content (AvgIpc) is 3.48. The number of nitrogens with zero attached hydrogens (tertiary/aromatic N) is 4. The molecular formula is C43H26N4O. The Hall–Kier alpha value is -6.59. The maximum absolute atomic E-state index is 6.56. The first-order valence-electron chi connectivity index (χ1n) is 16.0. The lowest BCUT2D eigenvalue weighted by atomic mass is 9.94. The minimum absolute atomic E-state index is 0.624. The Balaban J connectivity index is 1.19. The maximum atomic E-state index is 6.56. The molecule has 3 heterocycles. The van der Waals surface area contributed by atoms with Crippen LogP contribution in [0, 0.1) is 0 Å². The smallest absolute Gasteiger partial charge is 0.164 e. The van der Waals surface area contributed by atoms with Crippen LogP contribution in [-0.4, -0.2) is 19.5 Å². The van der Waals surface area contributed by atoms with Crippen molar-refractivity contribution in [1.29, 1.82) is 0 Å². The molecule has 5 heteroatoms. The minimum atomic E-state index is 0.624. The van der Waals surface area contributed by atoms with Gasteiger partial charge in [-0.3, -0.25) is 0 Å². The number of para-hydroxylation sites is 1. The summed E-state index contributed by atoms with van der Waals surface area (Å²) in [7, 11) is 0. The fourth-order valence-corrected chi connectivity index (χ4v) is 7.02. The van der Waals surface area contributed by atoms with Crippen LogP contribution in [0.2, 0.25) is 0 Å². The van der Waals surface area contributed by atoms with Gasteiger partial charge in [-0.15, -0.1) is 0 Å². The lowest BCUT2D eigenvalue weighted by Crippen LogP contribution is -2.01. The second kappa shape index (κ2) is 10.5. The Morgan fingerprint density at radius 3 is 1.79 bits per heavy atom. The summed E-state index contributed by atoms with van der Waals surface area (Å²) in [4.78, 5) is 14.9. The highest BCUT2D eigenvalue weighted by Gasteiger charge is 2.23. The Kier molecular flexibility index (Phi) is 5.81. The molecule has 48 heavy (non-hydrogen) atoms. The topological polar surface area (TPSA) is 52.8 Å². The second-order valence-corrected chi connectivity index (χ2v) is 12.1. The van der Waals surface area contributed by atoms with Crippen LogP contribution < -0.4 is 4.74 Å². The fourth-order valence-electron chi connectivity index (χ4n) is 7.02. The quantitative estimate of drug-likeness (QED) is 0.198. The van der Waals surface area contributed by atoms with Gasteiger partial charge >= 0.3 is 0 Å². The van der Waals surface area contributed by atoms with Crippen LogP contribution in [0.3, 0.4) is 0 Å². The van der Waals surface area contributed by atoms with Crippen molar-refractivity contribution in [2.75, 3.05) is 0 Å². The molecule has 0 fully saturated rings. The number of rotatable bonds is 4. The first-order valence-corrected chi connectivity index (χ1v) is 16.0. The highest BCUT2D eigenvalue weighted by molar-refractivity contribution is 6.13. The standard InChI is InChI=1S/C43H26N4O/c1-3-12-28(13-4-1)41-44-42(29-14-5-2-6-15-29)46-43(45-41)30-18-9-19-31(24-30)47-36-22-8-7-20-32(36)34-26-39-35(25-37(34)47)33-21-10-16-27-17-11-23-38(48-39)40(27)33/h1-26H. The molecule has 9 aromatic rings. The van der Waals surface area contributed by atoms with Gasteiger partial charge in [0, 0.05) is 44.1 Å². The number of aromatic nitrogens is 4. The van der Waals surface area contributed by atoms with E-state index in [1.807, 2.05) is 60.7 Å². The SMILES string of the molecule is c1ccc(-c2nc(-c3ccccc3)nc(-c3cccc(-n4c5ccccc5c5cc6c(cc54)-c4cccc5cccc(c45)O6)c3)n2)cc1. The lowest BCUT2D eigenvalue weighted by molar-refractivity contribution is 0.488. The predicted molar refractivity (Wildman–Crippen MR) is 193 cm³/mol. The number of hydrogen-bond acceptors (Lipinski definition) is 4. The number of benzene rings is 7. The third-order valence-electron chi connectivity index (χ3n) is 9.21. The summed E-state index contributed by atoms with van der Waals surface area (Å²) in [5.41, 5.74) is 8.33. The normalized spacial score (nSPS) is 11.9. The molecule has 0 unspecified atom stereocenters. The van der Waals surface area contributed by atoms with Crippen LogP contribution in [-0.2, 0) is 0 Å².